The van der Waals surface area contributed by atoms with E-state index in [4.69, 9.17) is 5.11 Å². The van der Waals surface area contributed by atoms with Gasteiger partial charge >= 0.3 is 0 Å². The summed E-state index contributed by atoms with van der Waals surface area (Å²) in [4.78, 5) is 0. The summed E-state index contributed by atoms with van der Waals surface area (Å²) in [5.41, 5.74) is 3.60. The van der Waals surface area contributed by atoms with Crippen molar-refractivity contribution in [2.45, 2.75) is 47.2 Å². The fourth-order valence-electron chi connectivity index (χ4n) is 1.91. The number of aliphatic hydroxyl groups excluding tert-OH is 1. The van der Waals surface area contributed by atoms with Gasteiger partial charge in [-0.25, -0.2) is 0 Å². The summed E-state index contributed by atoms with van der Waals surface area (Å²) in [5, 5.41) is 16.8. The SMILES string of the molecule is Cc1nn(CCCO)c(C)c1CNCC(C)C. The lowest BCUT2D eigenvalue weighted by Gasteiger charge is -2.08. The highest BCUT2D eigenvalue weighted by Crippen LogP contribution is 2.13. The van der Waals surface area contributed by atoms with Crippen LogP contribution in [0.5, 0.6) is 0 Å². The van der Waals surface area contributed by atoms with Crippen LogP contribution in [0.2, 0.25) is 0 Å². The summed E-state index contributed by atoms with van der Waals surface area (Å²) in [6, 6.07) is 0. The zero-order valence-corrected chi connectivity index (χ0v) is 11.5. The van der Waals surface area contributed by atoms with E-state index < -0.39 is 0 Å². The van der Waals surface area contributed by atoms with Gasteiger partial charge in [0.2, 0.25) is 0 Å². The molecule has 0 fully saturated rings. The average Bonchev–Trinajstić information content (AvgIpc) is 2.53. The van der Waals surface area contributed by atoms with Gasteiger partial charge in [0.25, 0.3) is 0 Å². The van der Waals surface area contributed by atoms with Crippen molar-refractivity contribution in [2.24, 2.45) is 5.92 Å². The van der Waals surface area contributed by atoms with Crippen molar-refractivity contribution in [3.8, 4) is 0 Å². The molecule has 0 aliphatic carbocycles. The van der Waals surface area contributed by atoms with Crippen molar-refractivity contribution >= 4 is 0 Å². The normalized spacial score (nSPS) is 11.4. The first-order valence-electron chi connectivity index (χ1n) is 6.40. The van der Waals surface area contributed by atoms with Crippen LogP contribution in [0.15, 0.2) is 0 Å². The van der Waals surface area contributed by atoms with E-state index in [1.807, 2.05) is 4.68 Å². The molecule has 0 saturated carbocycles. The second-order valence-corrected chi connectivity index (χ2v) is 4.97. The first-order chi connectivity index (χ1) is 8.06. The van der Waals surface area contributed by atoms with E-state index >= 15 is 0 Å². The highest BCUT2D eigenvalue weighted by Gasteiger charge is 2.10. The van der Waals surface area contributed by atoms with Crippen LogP contribution >= 0.6 is 0 Å². The molecule has 1 aromatic rings. The zero-order valence-electron chi connectivity index (χ0n) is 11.5. The van der Waals surface area contributed by atoms with Gasteiger partial charge in [-0.2, -0.15) is 5.10 Å². The van der Waals surface area contributed by atoms with Crippen molar-refractivity contribution in [3.05, 3.63) is 17.0 Å². The number of hydrogen-bond acceptors (Lipinski definition) is 3. The Hall–Kier alpha value is -0.870. The van der Waals surface area contributed by atoms with Gasteiger partial charge in [0.05, 0.1) is 5.69 Å². The topological polar surface area (TPSA) is 50.1 Å². The Morgan fingerprint density at radius 2 is 2.06 bits per heavy atom. The molecule has 1 aromatic heterocycles. The first-order valence-corrected chi connectivity index (χ1v) is 6.40. The summed E-state index contributed by atoms with van der Waals surface area (Å²) >= 11 is 0. The number of aliphatic hydroxyl groups is 1. The van der Waals surface area contributed by atoms with Crippen molar-refractivity contribution in [1.82, 2.24) is 15.1 Å². The van der Waals surface area contributed by atoms with E-state index in [1.165, 1.54) is 11.3 Å². The molecule has 0 unspecified atom stereocenters. The van der Waals surface area contributed by atoms with Crippen molar-refractivity contribution < 1.29 is 5.11 Å². The summed E-state index contributed by atoms with van der Waals surface area (Å²) in [5.74, 6) is 0.667. The molecule has 0 bridgehead atoms. The van der Waals surface area contributed by atoms with E-state index in [1.54, 1.807) is 0 Å². The van der Waals surface area contributed by atoms with Gasteiger partial charge in [-0.1, -0.05) is 13.8 Å². The molecule has 17 heavy (non-hydrogen) atoms. The number of aryl methyl sites for hydroxylation is 2. The average molecular weight is 239 g/mol. The van der Waals surface area contributed by atoms with E-state index in [2.05, 4.69) is 38.1 Å². The lowest BCUT2D eigenvalue weighted by molar-refractivity contribution is 0.276. The Kier molecular flexibility index (Phi) is 5.65. The van der Waals surface area contributed by atoms with Gasteiger partial charge in [0, 0.05) is 31.0 Å². The number of nitrogens with zero attached hydrogens (tertiary/aromatic N) is 2. The number of nitrogens with one attached hydrogen (secondary N) is 1. The summed E-state index contributed by atoms with van der Waals surface area (Å²) in [7, 11) is 0. The minimum atomic E-state index is 0.222. The molecular weight excluding hydrogens is 214 g/mol. The summed E-state index contributed by atoms with van der Waals surface area (Å²) < 4.78 is 2.00. The van der Waals surface area contributed by atoms with Gasteiger partial charge in [-0.05, 0) is 32.7 Å². The Morgan fingerprint density at radius 3 is 2.65 bits per heavy atom. The maximum atomic E-state index is 8.84. The van der Waals surface area contributed by atoms with Crippen LogP contribution in [-0.2, 0) is 13.1 Å². The molecule has 0 spiro atoms. The van der Waals surface area contributed by atoms with Gasteiger partial charge in [0.15, 0.2) is 0 Å². The monoisotopic (exact) mass is 239 g/mol. The lowest BCUT2D eigenvalue weighted by Crippen LogP contribution is -2.19. The summed E-state index contributed by atoms with van der Waals surface area (Å²) in [6.07, 6.45) is 0.765. The first kappa shape index (κ1) is 14.2. The molecule has 2 N–H and O–H groups in total. The molecule has 1 rings (SSSR count). The van der Waals surface area contributed by atoms with Gasteiger partial charge in [-0.15, -0.1) is 0 Å². The molecule has 4 nitrogen and oxygen atoms in total. The molecule has 0 amide bonds. The van der Waals surface area contributed by atoms with Crippen molar-refractivity contribution in [1.29, 1.82) is 0 Å². The second kappa shape index (κ2) is 6.77. The third-order valence-corrected chi connectivity index (χ3v) is 2.91. The Labute approximate surface area is 104 Å². The van der Waals surface area contributed by atoms with E-state index in [0.29, 0.717) is 5.92 Å². The van der Waals surface area contributed by atoms with Crippen LogP contribution in [0.3, 0.4) is 0 Å². The van der Waals surface area contributed by atoms with Crippen LogP contribution in [0, 0.1) is 19.8 Å². The zero-order chi connectivity index (χ0) is 12.8. The fourth-order valence-corrected chi connectivity index (χ4v) is 1.91. The quantitative estimate of drug-likeness (QED) is 0.760. The number of rotatable bonds is 7. The predicted octanol–water partition coefficient (Wildman–Crippen LogP) is 1.63. The van der Waals surface area contributed by atoms with Crippen LogP contribution in [0.25, 0.3) is 0 Å². The predicted molar refractivity (Wildman–Crippen MR) is 69.9 cm³/mol. The molecule has 4 heteroatoms. The number of hydrogen-bond donors (Lipinski definition) is 2. The maximum absolute atomic E-state index is 8.84. The third kappa shape index (κ3) is 4.13. The molecular formula is C13H25N3O. The fraction of sp³-hybridized carbons (Fsp3) is 0.769. The molecule has 0 aliphatic heterocycles. The minimum Gasteiger partial charge on any atom is -0.396 e. The Bertz CT molecular complexity index is 345. The maximum Gasteiger partial charge on any atom is 0.0641 e. The Morgan fingerprint density at radius 1 is 1.35 bits per heavy atom. The van der Waals surface area contributed by atoms with E-state index in [9.17, 15) is 0 Å². The van der Waals surface area contributed by atoms with E-state index in [-0.39, 0.29) is 6.61 Å². The van der Waals surface area contributed by atoms with Crippen LogP contribution in [-0.4, -0.2) is 28.0 Å². The van der Waals surface area contributed by atoms with Gasteiger partial charge in [0.1, 0.15) is 0 Å². The largest absolute Gasteiger partial charge is 0.396 e. The van der Waals surface area contributed by atoms with Gasteiger partial charge in [-0.3, -0.25) is 4.68 Å². The van der Waals surface area contributed by atoms with Crippen LogP contribution in [0.1, 0.15) is 37.2 Å². The Balaban J connectivity index is 2.62. The molecule has 0 aromatic carbocycles. The number of aromatic nitrogens is 2. The van der Waals surface area contributed by atoms with Crippen LogP contribution < -0.4 is 5.32 Å². The highest BCUT2D eigenvalue weighted by atomic mass is 16.3. The van der Waals surface area contributed by atoms with E-state index in [0.717, 1.165) is 31.7 Å². The summed E-state index contributed by atoms with van der Waals surface area (Å²) in [6.45, 7) is 11.5. The van der Waals surface area contributed by atoms with Gasteiger partial charge < -0.3 is 10.4 Å². The van der Waals surface area contributed by atoms with Crippen molar-refractivity contribution in [2.75, 3.05) is 13.2 Å². The molecule has 0 radical (unpaired) electrons. The smallest absolute Gasteiger partial charge is 0.0641 e. The molecule has 0 saturated heterocycles. The van der Waals surface area contributed by atoms with Crippen molar-refractivity contribution in [3.63, 3.8) is 0 Å². The second-order valence-electron chi connectivity index (χ2n) is 4.97. The standard InChI is InChI=1S/C13H25N3O/c1-10(2)8-14-9-13-11(3)15-16(12(13)4)6-5-7-17/h10,14,17H,5-9H2,1-4H3. The molecule has 98 valence electrons. The highest BCUT2D eigenvalue weighted by molar-refractivity contribution is 5.24. The molecule has 0 aliphatic rings. The van der Waals surface area contributed by atoms with Crippen LogP contribution in [0.4, 0.5) is 0 Å². The molecule has 0 atom stereocenters. The third-order valence-electron chi connectivity index (χ3n) is 2.91. The minimum absolute atomic E-state index is 0.222. The molecule has 1 heterocycles. The lowest BCUT2D eigenvalue weighted by atomic mass is 10.2.